The average molecular weight is 381 g/mol. The predicted octanol–water partition coefficient (Wildman–Crippen LogP) is 5.26. The summed E-state index contributed by atoms with van der Waals surface area (Å²) in [6, 6.07) is 13.9. The maximum Gasteiger partial charge on any atom is 0.151 e. The quantitative estimate of drug-likeness (QED) is 0.511. The number of ether oxygens (including phenoxy) is 2. The lowest BCUT2D eigenvalue weighted by Crippen LogP contribution is -1.97. The van der Waals surface area contributed by atoms with Crippen LogP contribution in [0.5, 0.6) is 11.5 Å². The molecule has 0 spiro atoms. The normalized spacial score (nSPS) is 10.8. The molecule has 136 valence electrons. The molecule has 0 unspecified atom stereocenters. The monoisotopic (exact) mass is 381 g/mol. The summed E-state index contributed by atoms with van der Waals surface area (Å²) in [5.74, 6) is 1.78. The first kappa shape index (κ1) is 17.2. The minimum absolute atomic E-state index is 0.256. The average Bonchev–Trinajstić information content (AvgIpc) is 3.14. The van der Waals surface area contributed by atoms with Crippen molar-refractivity contribution in [2.45, 2.75) is 0 Å². The van der Waals surface area contributed by atoms with E-state index in [1.807, 2.05) is 18.2 Å². The molecule has 0 saturated heterocycles. The van der Waals surface area contributed by atoms with Gasteiger partial charge in [0.25, 0.3) is 0 Å². The number of rotatable bonds is 5. The highest BCUT2D eigenvalue weighted by Crippen LogP contribution is 2.38. The van der Waals surface area contributed by atoms with E-state index in [-0.39, 0.29) is 5.82 Å². The Morgan fingerprint density at radius 1 is 0.963 bits per heavy atom. The van der Waals surface area contributed by atoms with Crippen LogP contribution in [0.3, 0.4) is 0 Å². The number of nitrogens with zero attached hydrogens (tertiary/aromatic N) is 2. The van der Waals surface area contributed by atoms with Crippen LogP contribution >= 0.6 is 11.3 Å². The first-order valence-electron chi connectivity index (χ1n) is 8.17. The predicted molar refractivity (Wildman–Crippen MR) is 106 cm³/mol. The summed E-state index contributed by atoms with van der Waals surface area (Å²) in [5.41, 5.74) is 2.53. The molecular weight excluding hydrogens is 365 g/mol. The molecular formula is C20H16FN3O2S. The minimum atomic E-state index is -0.256. The van der Waals surface area contributed by atoms with Gasteiger partial charge in [0.15, 0.2) is 5.82 Å². The smallest absolute Gasteiger partial charge is 0.151 e. The molecule has 0 aliphatic heterocycles. The van der Waals surface area contributed by atoms with E-state index in [4.69, 9.17) is 9.47 Å². The van der Waals surface area contributed by atoms with E-state index in [0.717, 1.165) is 26.3 Å². The van der Waals surface area contributed by atoms with Gasteiger partial charge in [-0.1, -0.05) is 12.1 Å². The second-order valence-corrected chi connectivity index (χ2v) is 6.80. The molecule has 0 atom stereocenters. The van der Waals surface area contributed by atoms with Gasteiger partial charge in [0.1, 0.15) is 23.6 Å². The summed E-state index contributed by atoms with van der Waals surface area (Å²) in [4.78, 5) is 9.73. The van der Waals surface area contributed by atoms with Crippen molar-refractivity contribution >= 4 is 33.1 Å². The van der Waals surface area contributed by atoms with E-state index in [1.165, 1.54) is 18.5 Å². The molecule has 2 aromatic heterocycles. The van der Waals surface area contributed by atoms with Crippen LogP contribution in [-0.2, 0) is 0 Å². The molecule has 5 nitrogen and oxygen atoms in total. The fourth-order valence-corrected chi connectivity index (χ4v) is 3.79. The van der Waals surface area contributed by atoms with Crippen molar-refractivity contribution in [3.05, 3.63) is 60.7 Å². The highest BCUT2D eigenvalue weighted by atomic mass is 32.1. The third kappa shape index (κ3) is 3.41. The molecule has 7 heteroatoms. The van der Waals surface area contributed by atoms with E-state index >= 15 is 0 Å². The maximum atomic E-state index is 13.2. The van der Waals surface area contributed by atoms with Crippen molar-refractivity contribution < 1.29 is 13.9 Å². The fraction of sp³-hybridized carbons (Fsp3) is 0.100. The van der Waals surface area contributed by atoms with Gasteiger partial charge in [0.05, 0.1) is 30.1 Å². The second kappa shape index (κ2) is 7.20. The molecule has 0 aliphatic rings. The van der Waals surface area contributed by atoms with Crippen LogP contribution in [0, 0.1) is 5.82 Å². The van der Waals surface area contributed by atoms with E-state index in [1.54, 1.807) is 43.8 Å². The summed E-state index contributed by atoms with van der Waals surface area (Å²) in [6.07, 6.45) is 1.52. The topological polar surface area (TPSA) is 56.3 Å². The van der Waals surface area contributed by atoms with Gasteiger partial charge in [0.2, 0.25) is 0 Å². The Balaban J connectivity index is 1.73. The SMILES string of the molecule is COc1ccc(Nc2ncnc3cc(-c4ccc(F)cc4)sc23)c(OC)c1. The number of methoxy groups -OCH3 is 2. The zero-order chi connectivity index (χ0) is 18.8. The van der Waals surface area contributed by atoms with Crippen molar-refractivity contribution in [3.8, 4) is 21.9 Å². The lowest BCUT2D eigenvalue weighted by atomic mass is 10.2. The Labute approximate surface area is 159 Å². The van der Waals surface area contributed by atoms with Gasteiger partial charge in [-0.3, -0.25) is 0 Å². The van der Waals surface area contributed by atoms with Gasteiger partial charge >= 0.3 is 0 Å². The number of fused-ring (bicyclic) bond motifs is 1. The molecule has 2 aromatic carbocycles. The molecule has 0 amide bonds. The number of hydrogen-bond donors (Lipinski definition) is 1. The zero-order valence-electron chi connectivity index (χ0n) is 14.7. The molecule has 0 fully saturated rings. The molecule has 0 radical (unpaired) electrons. The second-order valence-electron chi connectivity index (χ2n) is 5.75. The molecule has 2 heterocycles. The standard InChI is InChI=1S/C20H16FN3O2S/c1-25-14-7-8-15(17(9-14)26-2)24-20-19-16(22-11-23-20)10-18(27-19)12-3-5-13(21)6-4-12/h3-11H,1-2H3,(H,22,23,24). The molecule has 1 N–H and O–H groups in total. The fourth-order valence-electron chi connectivity index (χ4n) is 2.73. The van der Waals surface area contributed by atoms with Crippen LogP contribution in [-0.4, -0.2) is 24.2 Å². The van der Waals surface area contributed by atoms with Crippen molar-refractivity contribution in [1.29, 1.82) is 0 Å². The number of thiophene rings is 1. The maximum absolute atomic E-state index is 13.2. The number of halogens is 1. The van der Waals surface area contributed by atoms with Crippen LogP contribution in [0.25, 0.3) is 20.7 Å². The molecule has 0 aliphatic carbocycles. The summed E-state index contributed by atoms with van der Waals surface area (Å²) in [5, 5.41) is 3.31. The number of benzene rings is 2. The van der Waals surface area contributed by atoms with Gasteiger partial charge in [-0.05, 0) is 35.9 Å². The summed E-state index contributed by atoms with van der Waals surface area (Å²) in [7, 11) is 3.21. The summed E-state index contributed by atoms with van der Waals surface area (Å²) >= 11 is 1.55. The number of aromatic nitrogens is 2. The van der Waals surface area contributed by atoms with Crippen LogP contribution in [0.1, 0.15) is 0 Å². The highest BCUT2D eigenvalue weighted by molar-refractivity contribution is 7.22. The lowest BCUT2D eigenvalue weighted by Gasteiger charge is -2.12. The Bertz CT molecular complexity index is 1100. The van der Waals surface area contributed by atoms with Crippen LogP contribution in [0.15, 0.2) is 54.9 Å². The van der Waals surface area contributed by atoms with Crippen LogP contribution < -0.4 is 14.8 Å². The molecule has 27 heavy (non-hydrogen) atoms. The van der Waals surface area contributed by atoms with Crippen molar-refractivity contribution in [2.24, 2.45) is 0 Å². The van der Waals surface area contributed by atoms with Crippen molar-refractivity contribution in [3.63, 3.8) is 0 Å². The van der Waals surface area contributed by atoms with E-state index < -0.39 is 0 Å². The van der Waals surface area contributed by atoms with Crippen molar-refractivity contribution in [2.75, 3.05) is 19.5 Å². The number of anilines is 2. The first-order chi connectivity index (χ1) is 13.2. The number of nitrogens with one attached hydrogen (secondary N) is 1. The largest absolute Gasteiger partial charge is 0.497 e. The molecule has 4 rings (SSSR count). The summed E-state index contributed by atoms with van der Waals surface area (Å²) < 4.78 is 24.8. The summed E-state index contributed by atoms with van der Waals surface area (Å²) in [6.45, 7) is 0. The highest BCUT2D eigenvalue weighted by Gasteiger charge is 2.13. The third-order valence-electron chi connectivity index (χ3n) is 4.10. The van der Waals surface area contributed by atoms with Crippen LogP contribution in [0.4, 0.5) is 15.9 Å². The van der Waals surface area contributed by atoms with Gasteiger partial charge in [-0.25, -0.2) is 14.4 Å². The molecule has 0 saturated carbocycles. The van der Waals surface area contributed by atoms with Crippen LogP contribution in [0.2, 0.25) is 0 Å². The third-order valence-corrected chi connectivity index (χ3v) is 5.28. The molecule has 4 aromatic rings. The van der Waals surface area contributed by atoms with E-state index in [0.29, 0.717) is 17.3 Å². The Hall–Kier alpha value is -3.19. The van der Waals surface area contributed by atoms with Gasteiger partial charge in [-0.15, -0.1) is 11.3 Å². The van der Waals surface area contributed by atoms with E-state index in [9.17, 15) is 4.39 Å². The van der Waals surface area contributed by atoms with Gasteiger partial charge < -0.3 is 14.8 Å². The minimum Gasteiger partial charge on any atom is -0.497 e. The van der Waals surface area contributed by atoms with Gasteiger partial charge in [0, 0.05) is 10.9 Å². The van der Waals surface area contributed by atoms with Gasteiger partial charge in [-0.2, -0.15) is 0 Å². The zero-order valence-corrected chi connectivity index (χ0v) is 15.5. The Morgan fingerprint density at radius 2 is 1.78 bits per heavy atom. The number of hydrogen-bond acceptors (Lipinski definition) is 6. The Kier molecular flexibility index (Phi) is 4.60. The van der Waals surface area contributed by atoms with Crippen molar-refractivity contribution in [1.82, 2.24) is 9.97 Å². The molecule has 0 bridgehead atoms. The Morgan fingerprint density at radius 3 is 2.52 bits per heavy atom. The first-order valence-corrected chi connectivity index (χ1v) is 8.99. The lowest BCUT2D eigenvalue weighted by molar-refractivity contribution is 0.395. The van der Waals surface area contributed by atoms with E-state index in [2.05, 4.69) is 15.3 Å².